The Balaban J connectivity index is 1.57. The lowest BCUT2D eigenvalue weighted by Gasteiger charge is -2.31. The first-order valence-corrected chi connectivity index (χ1v) is 6.90. The summed E-state index contributed by atoms with van der Waals surface area (Å²) in [7, 11) is 0. The lowest BCUT2D eigenvalue weighted by atomic mass is 10.1. The van der Waals surface area contributed by atoms with Gasteiger partial charge in [-0.3, -0.25) is 4.79 Å². The van der Waals surface area contributed by atoms with E-state index in [0.717, 1.165) is 0 Å². The second-order valence-electron chi connectivity index (χ2n) is 4.90. The summed E-state index contributed by atoms with van der Waals surface area (Å²) in [5.74, 6) is 1.11. The van der Waals surface area contributed by atoms with Gasteiger partial charge in [0.05, 0.1) is 6.33 Å². The molecule has 1 amide bonds. The van der Waals surface area contributed by atoms with Gasteiger partial charge in [0, 0.05) is 25.5 Å². The van der Waals surface area contributed by atoms with Gasteiger partial charge in [-0.15, -0.1) is 0 Å². The Morgan fingerprint density at radius 2 is 2.10 bits per heavy atom. The molecular formula is C15H17N3O3. The topological polar surface area (TPSA) is 65.4 Å². The van der Waals surface area contributed by atoms with Crippen molar-refractivity contribution in [3.05, 3.63) is 43.0 Å². The molecule has 1 N–H and O–H groups in total. The molecule has 0 aliphatic carbocycles. The van der Waals surface area contributed by atoms with E-state index in [4.69, 9.17) is 9.47 Å². The molecule has 0 fully saturated rings. The second-order valence-corrected chi connectivity index (χ2v) is 4.90. The van der Waals surface area contributed by atoms with Gasteiger partial charge >= 0.3 is 0 Å². The minimum atomic E-state index is -0.636. The van der Waals surface area contributed by atoms with Gasteiger partial charge in [-0.25, -0.2) is 4.98 Å². The summed E-state index contributed by atoms with van der Waals surface area (Å²) < 4.78 is 13.4. The number of imidazole rings is 1. The quantitative estimate of drug-likeness (QED) is 0.918. The molecule has 2 atom stereocenters. The molecule has 0 bridgehead atoms. The van der Waals surface area contributed by atoms with E-state index in [1.165, 1.54) is 0 Å². The molecule has 0 radical (unpaired) electrons. The Hall–Kier alpha value is -2.50. The van der Waals surface area contributed by atoms with E-state index in [1.54, 1.807) is 18.6 Å². The monoisotopic (exact) mass is 287 g/mol. The zero-order valence-electron chi connectivity index (χ0n) is 11.7. The molecule has 3 rings (SSSR count). The van der Waals surface area contributed by atoms with Crippen LogP contribution < -0.4 is 14.8 Å². The van der Waals surface area contributed by atoms with Gasteiger partial charge in [0.15, 0.2) is 11.5 Å². The summed E-state index contributed by atoms with van der Waals surface area (Å²) >= 11 is 0. The first kappa shape index (κ1) is 13.5. The van der Waals surface area contributed by atoms with Gasteiger partial charge in [0.2, 0.25) is 6.10 Å². The van der Waals surface area contributed by atoms with E-state index in [-0.39, 0.29) is 12.0 Å². The number of amides is 1. The van der Waals surface area contributed by atoms with Crippen molar-refractivity contribution in [2.75, 3.05) is 6.54 Å². The van der Waals surface area contributed by atoms with Gasteiger partial charge in [0.25, 0.3) is 5.91 Å². The highest BCUT2D eigenvalue weighted by atomic mass is 16.6. The zero-order chi connectivity index (χ0) is 14.7. The molecule has 6 nitrogen and oxygen atoms in total. The molecule has 1 aliphatic rings. The van der Waals surface area contributed by atoms with Crippen LogP contribution in [0.25, 0.3) is 0 Å². The molecule has 1 aromatic carbocycles. The number of fused-ring (bicyclic) bond motifs is 1. The summed E-state index contributed by atoms with van der Waals surface area (Å²) in [6, 6.07) is 7.36. The fourth-order valence-electron chi connectivity index (χ4n) is 2.23. The van der Waals surface area contributed by atoms with Crippen molar-refractivity contribution in [1.29, 1.82) is 0 Å². The standard InChI is InChI=1S/C15H17N3O3/c1-11-14(21-13-5-3-2-4-12(13)20-11)15(19)17-7-9-18-8-6-16-10-18/h2-6,8,10-11,14H,7,9H2,1H3,(H,17,19)/t11-,14-/m1/s1. The number of carbonyl (C=O) groups is 1. The number of nitrogens with one attached hydrogen (secondary N) is 1. The number of ether oxygens (including phenoxy) is 2. The molecule has 0 spiro atoms. The SMILES string of the molecule is C[C@H]1Oc2ccccc2O[C@H]1C(=O)NCCn1ccnc1. The van der Waals surface area contributed by atoms with Crippen molar-refractivity contribution >= 4 is 5.91 Å². The van der Waals surface area contributed by atoms with Gasteiger partial charge in [-0.2, -0.15) is 0 Å². The van der Waals surface area contributed by atoms with Crippen LogP contribution >= 0.6 is 0 Å². The summed E-state index contributed by atoms with van der Waals surface area (Å²) in [5.41, 5.74) is 0. The maximum Gasteiger partial charge on any atom is 0.265 e. The Morgan fingerprint density at radius 3 is 2.81 bits per heavy atom. The second kappa shape index (κ2) is 5.87. The van der Waals surface area contributed by atoms with Crippen molar-refractivity contribution in [3.8, 4) is 11.5 Å². The van der Waals surface area contributed by atoms with Gasteiger partial charge in [-0.05, 0) is 19.1 Å². The average molecular weight is 287 g/mol. The highest BCUT2D eigenvalue weighted by molar-refractivity contribution is 5.82. The van der Waals surface area contributed by atoms with E-state index in [9.17, 15) is 4.79 Å². The summed E-state index contributed by atoms with van der Waals surface area (Å²) in [6.45, 7) is 3.02. The van der Waals surface area contributed by atoms with Crippen LogP contribution in [-0.4, -0.2) is 34.2 Å². The van der Waals surface area contributed by atoms with Crippen molar-refractivity contribution < 1.29 is 14.3 Å². The molecule has 2 heterocycles. The van der Waals surface area contributed by atoms with Gasteiger partial charge in [0.1, 0.15) is 6.10 Å². The van der Waals surface area contributed by atoms with Crippen LogP contribution in [-0.2, 0) is 11.3 Å². The first-order chi connectivity index (χ1) is 10.2. The van der Waals surface area contributed by atoms with E-state index in [1.807, 2.05) is 35.9 Å². The molecule has 6 heteroatoms. The minimum absolute atomic E-state index is 0.169. The van der Waals surface area contributed by atoms with Crippen LogP contribution in [0.5, 0.6) is 11.5 Å². The van der Waals surface area contributed by atoms with Crippen LogP contribution in [0, 0.1) is 0 Å². The Morgan fingerprint density at radius 1 is 1.33 bits per heavy atom. The summed E-state index contributed by atoms with van der Waals surface area (Å²) in [5, 5.41) is 2.86. The van der Waals surface area contributed by atoms with Crippen molar-refractivity contribution in [2.24, 2.45) is 0 Å². The average Bonchev–Trinajstić information content (AvgIpc) is 2.99. The summed E-state index contributed by atoms with van der Waals surface area (Å²) in [6.07, 6.45) is 4.31. The lowest BCUT2D eigenvalue weighted by molar-refractivity contribution is -0.133. The molecular weight excluding hydrogens is 270 g/mol. The van der Waals surface area contributed by atoms with Crippen LogP contribution in [0.3, 0.4) is 0 Å². The highest BCUT2D eigenvalue weighted by Gasteiger charge is 2.33. The number of para-hydroxylation sites is 2. The summed E-state index contributed by atoms with van der Waals surface area (Å²) in [4.78, 5) is 16.2. The molecule has 1 aromatic heterocycles. The van der Waals surface area contributed by atoms with E-state index < -0.39 is 6.10 Å². The highest BCUT2D eigenvalue weighted by Crippen LogP contribution is 2.33. The predicted octanol–water partition coefficient (Wildman–Crippen LogP) is 1.23. The molecule has 1 aliphatic heterocycles. The maximum atomic E-state index is 12.2. The fourth-order valence-corrected chi connectivity index (χ4v) is 2.23. The third-order valence-corrected chi connectivity index (χ3v) is 3.33. The first-order valence-electron chi connectivity index (χ1n) is 6.90. The zero-order valence-corrected chi connectivity index (χ0v) is 11.7. The molecule has 110 valence electrons. The van der Waals surface area contributed by atoms with Gasteiger partial charge < -0.3 is 19.4 Å². The van der Waals surface area contributed by atoms with Gasteiger partial charge in [-0.1, -0.05) is 12.1 Å². The van der Waals surface area contributed by atoms with Crippen LogP contribution in [0.4, 0.5) is 0 Å². The maximum absolute atomic E-state index is 12.2. The number of carbonyl (C=O) groups excluding carboxylic acids is 1. The number of benzene rings is 1. The predicted molar refractivity (Wildman–Crippen MR) is 76.2 cm³/mol. The lowest BCUT2D eigenvalue weighted by Crippen LogP contribution is -2.49. The van der Waals surface area contributed by atoms with Crippen LogP contribution in [0.2, 0.25) is 0 Å². The van der Waals surface area contributed by atoms with E-state index >= 15 is 0 Å². The van der Waals surface area contributed by atoms with Crippen LogP contribution in [0.1, 0.15) is 6.92 Å². The number of nitrogens with zero attached hydrogens (tertiary/aromatic N) is 2. The fraction of sp³-hybridized carbons (Fsp3) is 0.333. The largest absolute Gasteiger partial charge is 0.482 e. The van der Waals surface area contributed by atoms with Crippen molar-refractivity contribution in [1.82, 2.24) is 14.9 Å². The normalized spacial score (nSPS) is 20.0. The Bertz CT molecular complexity index is 612. The number of hydrogen-bond acceptors (Lipinski definition) is 4. The number of hydrogen-bond donors (Lipinski definition) is 1. The third-order valence-electron chi connectivity index (χ3n) is 3.33. The van der Waals surface area contributed by atoms with Crippen molar-refractivity contribution in [2.45, 2.75) is 25.7 Å². The number of aromatic nitrogens is 2. The Kier molecular flexibility index (Phi) is 3.77. The van der Waals surface area contributed by atoms with E-state index in [0.29, 0.717) is 24.6 Å². The van der Waals surface area contributed by atoms with Crippen LogP contribution in [0.15, 0.2) is 43.0 Å². The molecule has 0 unspecified atom stereocenters. The molecule has 21 heavy (non-hydrogen) atoms. The van der Waals surface area contributed by atoms with E-state index in [2.05, 4.69) is 10.3 Å². The third kappa shape index (κ3) is 2.99. The molecule has 0 saturated carbocycles. The molecule has 2 aromatic rings. The Labute approximate surface area is 122 Å². The van der Waals surface area contributed by atoms with Crippen molar-refractivity contribution in [3.63, 3.8) is 0 Å². The minimum Gasteiger partial charge on any atom is -0.482 e. The smallest absolute Gasteiger partial charge is 0.265 e. The number of rotatable bonds is 4. The molecule has 0 saturated heterocycles.